The number of aromatic nitrogens is 2. The van der Waals surface area contributed by atoms with Gasteiger partial charge in [0.05, 0.1) is 18.2 Å². The van der Waals surface area contributed by atoms with Crippen molar-refractivity contribution < 1.29 is 9.53 Å². The summed E-state index contributed by atoms with van der Waals surface area (Å²) >= 11 is 2.00. The van der Waals surface area contributed by atoms with Gasteiger partial charge in [0, 0.05) is 36.4 Å². The van der Waals surface area contributed by atoms with Crippen molar-refractivity contribution in [1.29, 1.82) is 0 Å². The smallest absolute Gasteiger partial charge is 0.316 e. The molecule has 0 radical (unpaired) electrons. The summed E-state index contributed by atoms with van der Waals surface area (Å²) in [4.78, 5) is 21.2. The Labute approximate surface area is 199 Å². The van der Waals surface area contributed by atoms with Gasteiger partial charge >= 0.3 is 5.97 Å². The number of esters is 1. The van der Waals surface area contributed by atoms with Crippen molar-refractivity contribution >= 4 is 29.2 Å². The average Bonchev–Trinajstić information content (AvgIpc) is 2.86. The number of carbonyl (C=O) groups excluding carboxylic acids is 1. The van der Waals surface area contributed by atoms with Crippen molar-refractivity contribution in [1.82, 2.24) is 15.0 Å². The van der Waals surface area contributed by atoms with Gasteiger partial charge in [-0.3, -0.25) is 9.80 Å². The van der Waals surface area contributed by atoms with E-state index in [1.54, 1.807) is 12.5 Å². The first-order valence-corrected chi connectivity index (χ1v) is 12.4. The zero-order valence-corrected chi connectivity index (χ0v) is 19.6. The topological polar surface area (TPSA) is 58.6 Å². The molecule has 1 aromatic heterocycles. The molecule has 2 fully saturated rings. The molecule has 0 spiro atoms. The minimum Gasteiger partial charge on any atom is -0.468 e. The van der Waals surface area contributed by atoms with Gasteiger partial charge in [0.25, 0.3) is 0 Å². The second-order valence-corrected chi connectivity index (χ2v) is 9.85. The van der Waals surface area contributed by atoms with Crippen molar-refractivity contribution in [2.75, 3.05) is 31.0 Å². The molecule has 170 valence electrons. The van der Waals surface area contributed by atoms with E-state index in [9.17, 15) is 4.79 Å². The number of benzene rings is 2. The summed E-state index contributed by atoms with van der Waals surface area (Å²) in [6.07, 6.45) is 6.10. The van der Waals surface area contributed by atoms with Crippen molar-refractivity contribution in [2.24, 2.45) is 0 Å². The van der Waals surface area contributed by atoms with E-state index >= 15 is 0 Å². The molecule has 1 atom stereocenters. The van der Waals surface area contributed by atoms with Gasteiger partial charge < -0.3 is 4.74 Å². The van der Waals surface area contributed by atoms with Gasteiger partial charge in [0.1, 0.15) is 6.33 Å². The van der Waals surface area contributed by atoms with Crippen molar-refractivity contribution in [3.05, 3.63) is 84.3 Å². The average molecular weight is 461 g/mol. The molecule has 2 heterocycles. The SMILES string of the molecule is COC(=O)C1(c2ccc(N(c3ccncn3)N3CCSC(c4ccccc4)C3)cc2)CCC1. The van der Waals surface area contributed by atoms with Crippen LogP contribution in [0.25, 0.3) is 0 Å². The Morgan fingerprint density at radius 2 is 1.91 bits per heavy atom. The van der Waals surface area contributed by atoms with Gasteiger partial charge in [-0.2, -0.15) is 11.8 Å². The first kappa shape index (κ1) is 21.9. The van der Waals surface area contributed by atoms with E-state index < -0.39 is 5.41 Å². The number of rotatable bonds is 6. The molecule has 1 aliphatic heterocycles. The van der Waals surface area contributed by atoms with Crippen LogP contribution in [0.4, 0.5) is 11.5 Å². The second kappa shape index (κ2) is 9.53. The van der Waals surface area contributed by atoms with E-state index in [1.165, 1.54) is 12.7 Å². The molecule has 0 N–H and O–H groups in total. The summed E-state index contributed by atoms with van der Waals surface area (Å²) < 4.78 is 5.13. The molecule has 7 heteroatoms. The fourth-order valence-corrected chi connectivity index (χ4v) is 6.02. The summed E-state index contributed by atoms with van der Waals surface area (Å²) in [6, 6.07) is 21.0. The molecule has 0 amide bonds. The summed E-state index contributed by atoms with van der Waals surface area (Å²) in [5.74, 6) is 1.74. The predicted molar refractivity (Wildman–Crippen MR) is 131 cm³/mol. The Bertz CT molecular complexity index is 1070. The van der Waals surface area contributed by atoms with Gasteiger partial charge in [-0.05, 0) is 36.1 Å². The summed E-state index contributed by atoms with van der Waals surface area (Å²) in [5.41, 5.74) is 2.90. The molecule has 2 aromatic carbocycles. The molecule has 1 saturated heterocycles. The number of anilines is 2. The van der Waals surface area contributed by atoms with Crippen LogP contribution in [0.3, 0.4) is 0 Å². The molecule has 0 bridgehead atoms. The quantitative estimate of drug-likeness (QED) is 0.484. The zero-order chi connectivity index (χ0) is 22.7. The second-order valence-electron chi connectivity index (χ2n) is 8.54. The first-order valence-electron chi connectivity index (χ1n) is 11.4. The van der Waals surface area contributed by atoms with Crippen LogP contribution < -0.4 is 5.01 Å². The van der Waals surface area contributed by atoms with E-state index in [0.29, 0.717) is 5.25 Å². The van der Waals surface area contributed by atoms with E-state index in [1.807, 2.05) is 17.8 Å². The van der Waals surface area contributed by atoms with Crippen LogP contribution in [0.2, 0.25) is 0 Å². The number of hydrogen-bond acceptors (Lipinski definition) is 7. The highest BCUT2D eigenvalue weighted by molar-refractivity contribution is 7.99. The van der Waals surface area contributed by atoms with Crippen LogP contribution in [0.1, 0.15) is 35.6 Å². The number of carbonyl (C=O) groups is 1. The van der Waals surface area contributed by atoms with Crippen LogP contribution in [0.5, 0.6) is 0 Å². The Morgan fingerprint density at radius 3 is 2.55 bits per heavy atom. The first-order chi connectivity index (χ1) is 16.2. The van der Waals surface area contributed by atoms with Gasteiger partial charge in [0.15, 0.2) is 5.82 Å². The van der Waals surface area contributed by atoms with Gasteiger partial charge in [-0.1, -0.05) is 48.9 Å². The lowest BCUT2D eigenvalue weighted by Crippen LogP contribution is -2.46. The van der Waals surface area contributed by atoms with Crippen LogP contribution in [-0.2, 0) is 14.9 Å². The molecule has 6 nitrogen and oxygen atoms in total. The maximum absolute atomic E-state index is 12.5. The number of nitrogens with zero attached hydrogens (tertiary/aromatic N) is 4. The molecule has 2 aliphatic rings. The standard InChI is InChI=1S/C26H28N4O2S/c1-32-25(31)26(13-5-14-26)21-8-10-22(11-9-21)30(24-12-15-27-19-28-24)29-16-17-33-23(18-29)20-6-3-2-4-7-20/h2-4,6-12,15,19,23H,5,13-14,16-18H2,1H3. The highest BCUT2D eigenvalue weighted by Crippen LogP contribution is 2.45. The monoisotopic (exact) mass is 460 g/mol. The lowest BCUT2D eigenvalue weighted by molar-refractivity contribution is -0.151. The molecular weight excluding hydrogens is 432 g/mol. The largest absolute Gasteiger partial charge is 0.468 e. The maximum Gasteiger partial charge on any atom is 0.316 e. The number of hydrazine groups is 1. The number of thioether (sulfide) groups is 1. The molecule has 5 rings (SSSR count). The lowest BCUT2D eigenvalue weighted by atomic mass is 9.64. The molecular formula is C26H28N4O2S. The van der Waals surface area contributed by atoms with E-state index in [0.717, 1.165) is 55.2 Å². The molecule has 3 aromatic rings. The number of ether oxygens (including phenoxy) is 1. The van der Waals surface area contributed by atoms with Crippen LogP contribution in [0.15, 0.2) is 73.2 Å². The number of hydrogen-bond donors (Lipinski definition) is 0. The minimum atomic E-state index is -0.493. The summed E-state index contributed by atoms with van der Waals surface area (Å²) in [7, 11) is 1.48. The molecule has 33 heavy (non-hydrogen) atoms. The lowest BCUT2D eigenvalue weighted by Gasteiger charge is -2.42. The third-order valence-electron chi connectivity index (χ3n) is 6.73. The van der Waals surface area contributed by atoms with Gasteiger partial charge in [-0.25, -0.2) is 15.0 Å². The van der Waals surface area contributed by atoms with Crippen molar-refractivity contribution in [3.8, 4) is 0 Å². The van der Waals surface area contributed by atoms with E-state index in [4.69, 9.17) is 4.74 Å². The van der Waals surface area contributed by atoms with Crippen LogP contribution in [-0.4, -0.2) is 46.9 Å². The Kier molecular flexibility index (Phi) is 6.33. The van der Waals surface area contributed by atoms with Crippen molar-refractivity contribution in [2.45, 2.75) is 29.9 Å². The summed E-state index contributed by atoms with van der Waals surface area (Å²) in [6.45, 7) is 1.80. The predicted octanol–water partition coefficient (Wildman–Crippen LogP) is 4.91. The fraction of sp³-hybridized carbons (Fsp3) is 0.346. The number of methoxy groups -OCH3 is 1. The molecule has 1 aliphatic carbocycles. The highest BCUT2D eigenvalue weighted by Gasteiger charge is 2.46. The normalized spacial score (nSPS) is 20.0. The van der Waals surface area contributed by atoms with Gasteiger partial charge in [-0.15, -0.1) is 0 Å². The fourth-order valence-electron chi connectivity index (χ4n) is 4.79. The third-order valence-corrected chi connectivity index (χ3v) is 7.97. The molecule has 1 unspecified atom stereocenters. The zero-order valence-electron chi connectivity index (χ0n) is 18.8. The Morgan fingerprint density at radius 1 is 1.12 bits per heavy atom. The van der Waals surface area contributed by atoms with E-state index in [-0.39, 0.29) is 5.97 Å². The maximum atomic E-state index is 12.5. The Balaban J connectivity index is 1.46. The Hall–Kier alpha value is -2.90. The molecule has 1 saturated carbocycles. The van der Waals surface area contributed by atoms with Crippen LogP contribution >= 0.6 is 11.8 Å². The van der Waals surface area contributed by atoms with Crippen molar-refractivity contribution in [3.63, 3.8) is 0 Å². The third kappa shape index (κ3) is 4.23. The minimum absolute atomic E-state index is 0.132. The van der Waals surface area contributed by atoms with Gasteiger partial charge in [0.2, 0.25) is 0 Å². The highest BCUT2D eigenvalue weighted by atomic mass is 32.2. The van der Waals surface area contributed by atoms with Crippen LogP contribution in [0, 0.1) is 0 Å². The summed E-state index contributed by atoms with van der Waals surface area (Å²) in [5, 5.41) is 4.94. The van der Waals surface area contributed by atoms with E-state index in [2.05, 4.69) is 74.6 Å².